The molecule has 0 spiro atoms. The Labute approximate surface area is 301 Å². The maximum absolute atomic E-state index is 6.75. The highest BCUT2D eigenvalue weighted by Gasteiger charge is 2.33. The van der Waals surface area contributed by atoms with Crippen LogP contribution in [-0.4, -0.2) is 19.3 Å². The molecule has 0 saturated carbocycles. The highest BCUT2D eigenvalue weighted by Crippen LogP contribution is 2.46. The quantitative estimate of drug-likeness (QED) is 0.159. The average Bonchev–Trinajstić information content (AvgIpc) is 3.61. The Bertz CT molecular complexity index is 2430. The van der Waals surface area contributed by atoms with E-state index in [-0.39, 0.29) is 0 Å². The number of hydrogen-bond acceptors (Lipinski definition) is 3. The number of ether oxygens (including phenoxy) is 1. The third-order valence-corrected chi connectivity index (χ3v) is 10.9. The van der Waals surface area contributed by atoms with Gasteiger partial charge in [-0.25, -0.2) is 9.67 Å². The molecule has 0 saturated heterocycles. The second kappa shape index (κ2) is 13.0. The minimum atomic E-state index is 0.319. The highest BCUT2D eigenvalue weighted by atomic mass is 16.5. The maximum Gasteiger partial charge on any atom is 0.137 e. The smallest absolute Gasteiger partial charge is 0.137 e. The molecule has 0 amide bonds. The van der Waals surface area contributed by atoms with Crippen molar-refractivity contribution in [2.75, 3.05) is 0 Å². The lowest BCUT2D eigenvalue weighted by molar-refractivity contribution is 0.420. The van der Waals surface area contributed by atoms with E-state index in [2.05, 4.69) is 161 Å². The number of benzene rings is 4. The second-order valence-corrected chi connectivity index (χ2v) is 14.9. The van der Waals surface area contributed by atoms with E-state index < -0.39 is 0 Å². The molecule has 0 radical (unpaired) electrons. The summed E-state index contributed by atoms with van der Waals surface area (Å²) in [6.45, 7) is 15.7. The molecule has 3 heterocycles. The van der Waals surface area contributed by atoms with Crippen LogP contribution in [0.2, 0.25) is 0 Å². The Morgan fingerprint density at radius 2 is 1.53 bits per heavy atom. The van der Waals surface area contributed by atoms with Crippen molar-refractivity contribution in [2.24, 2.45) is 5.92 Å². The zero-order valence-corrected chi connectivity index (χ0v) is 30.7. The molecule has 51 heavy (non-hydrogen) atoms. The normalized spacial score (nSPS) is 17.7. The number of rotatable bonds is 7. The summed E-state index contributed by atoms with van der Waals surface area (Å²) in [6, 6.07) is 36.6. The van der Waals surface area contributed by atoms with Gasteiger partial charge < -0.3 is 4.74 Å². The van der Waals surface area contributed by atoms with Crippen LogP contribution in [0.5, 0.6) is 11.5 Å². The van der Waals surface area contributed by atoms with Crippen LogP contribution < -0.4 is 4.74 Å². The molecule has 0 aliphatic heterocycles. The number of para-hydroxylation sites is 1. The summed E-state index contributed by atoms with van der Waals surface area (Å²) in [5.74, 6) is 4.08. The van der Waals surface area contributed by atoms with Crippen molar-refractivity contribution in [3.8, 4) is 23.0 Å². The molecule has 1 aliphatic rings. The van der Waals surface area contributed by atoms with Crippen LogP contribution in [0.3, 0.4) is 0 Å². The lowest BCUT2D eigenvalue weighted by Crippen LogP contribution is -2.20. The molecule has 3 aromatic heterocycles. The van der Waals surface area contributed by atoms with Crippen LogP contribution in [-0.2, 0) is 0 Å². The van der Waals surface area contributed by atoms with Gasteiger partial charge in [0, 0.05) is 52.2 Å². The minimum Gasteiger partial charge on any atom is -0.457 e. The third kappa shape index (κ3) is 5.95. The summed E-state index contributed by atoms with van der Waals surface area (Å²) < 4.78 is 11.1. The van der Waals surface area contributed by atoms with E-state index in [1.165, 1.54) is 44.3 Å². The van der Waals surface area contributed by atoms with Gasteiger partial charge in [-0.05, 0) is 105 Å². The second-order valence-electron chi connectivity index (χ2n) is 14.9. The molecule has 0 unspecified atom stereocenters. The molecule has 5 nitrogen and oxygen atoms in total. The van der Waals surface area contributed by atoms with Gasteiger partial charge in [-0.1, -0.05) is 81.0 Å². The topological polar surface area (TPSA) is 44.9 Å². The van der Waals surface area contributed by atoms with Gasteiger partial charge in [0.15, 0.2) is 0 Å². The zero-order valence-electron chi connectivity index (χ0n) is 30.7. The zero-order chi connectivity index (χ0) is 35.4. The van der Waals surface area contributed by atoms with Crippen LogP contribution >= 0.6 is 0 Å². The van der Waals surface area contributed by atoms with Crippen molar-refractivity contribution in [3.05, 3.63) is 155 Å². The van der Waals surface area contributed by atoms with Crippen LogP contribution in [0.15, 0.2) is 121 Å². The van der Waals surface area contributed by atoms with E-state index >= 15 is 0 Å². The van der Waals surface area contributed by atoms with E-state index in [1.54, 1.807) is 0 Å². The van der Waals surface area contributed by atoms with Gasteiger partial charge in [0.05, 0.1) is 22.4 Å². The largest absolute Gasteiger partial charge is 0.457 e. The molecular weight excluding hydrogens is 625 g/mol. The predicted octanol–water partition coefficient (Wildman–Crippen LogP) is 12.1. The van der Waals surface area contributed by atoms with Crippen LogP contribution in [0.25, 0.3) is 33.3 Å². The fourth-order valence-electron chi connectivity index (χ4n) is 8.44. The van der Waals surface area contributed by atoms with E-state index in [1.807, 2.05) is 12.3 Å². The summed E-state index contributed by atoms with van der Waals surface area (Å²) in [6.07, 6.45) is 5.50. The summed E-state index contributed by atoms with van der Waals surface area (Å²) >= 11 is 0. The van der Waals surface area contributed by atoms with Crippen LogP contribution in [0.1, 0.15) is 85.5 Å². The van der Waals surface area contributed by atoms with Gasteiger partial charge in [0.1, 0.15) is 17.3 Å². The SMILES string of the molecule is CC1=C[C@@H](c2ccccc2)C[C@H](C)[C@@H]1c1c(C)nn(-c2cc(Oc3ccc4c5ccccc5n(-c5cc(C)ccn5)c4c3)cc(C(C)C)c2)c1C. The molecule has 4 aromatic carbocycles. The monoisotopic (exact) mass is 670 g/mol. The minimum absolute atomic E-state index is 0.319. The van der Waals surface area contributed by atoms with E-state index in [0.717, 1.165) is 46.2 Å². The fourth-order valence-corrected chi connectivity index (χ4v) is 8.44. The molecule has 8 rings (SSSR count). The lowest BCUT2D eigenvalue weighted by atomic mass is 9.70. The van der Waals surface area contributed by atoms with Crippen molar-refractivity contribution >= 4 is 21.8 Å². The van der Waals surface area contributed by atoms with Crippen molar-refractivity contribution < 1.29 is 4.74 Å². The average molecular weight is 671 g/mol. The molecule has 0 fully saturated rings. The number of pyridine rings is 1. The fraction of sp³-hybridized carbons (Fsp3) is 0.261. The van der Waals surface area contributed by atoms with Crippen molar-refractivity contribution in [3.63, 3.8) is 0 Å². The molecule has 3 atom stereocenters. The van der Waals surface area contributed by atoms with Gasteiger partial charge in [-0.15, -0.1) is 0 Å². The maximum atomic E-state index is 6.75. The molecule has 1 aliphatic carbocycles. The molecule has 7 aromatic rings. The summed E-state index contributed by atoms with van der Waals surface area (Å²) in [4.78, 5) is 4.76. The number of fused-ring (bicyclic) bond motifs is 3. The first-order valence-corrected chi connectivity index (χ1v) is 18.2. The number of allylic oxidation sites excluding steroid dienone is 2. The Morgan fingerprint density at radius 3 is 2.29 bits per heavy atom. The molecular formula is C46H46N4O. The van der Waals surface area contributed by atoms with Gasteiger partial charge >= 0.3 is 0 Å². The van der Waals surface area contributed by atoms with Crippen molar-refractivity contribution in [1.82, 2.24) is 19.3 Å². The first-order valence-electron chi connectivity index (χ1n) is 18.2. The summed E-state index contributed by atoms with van der Waals surface area (Å²) in [5.41, 5.74) is 12.1. The van der Waals surface area contributed by atoms with E-state index in [0.29, 0.717) is 23.7 Å². The Kier molecular flexibility index (Phi) is 8.38. The summed E-state index contributed by atoms with van der Waals surface area (Å²) in [5, 5.41) is 7.56. The van der Waals surface area contributed by atoms with E-state index in [9.17, 15) is 0 Å². The van der Waals surface area contributed by atoms with Crippen LogP contribution in [0.4, 0.5) is 0 Å². The van der Waals surface area contributed by atoms with Crippen LogP contribution in [0, 0.1) is 26.7 Å². The number of aromatic nitrogens is 4. The van der Waals surface area contributed by atoms with Crippen molar-refractivity contribution in [1.29, 1.82) is 0 Å². The first kappa shape index (κ1) is 32.8. The van der Waals surface area contributed by atoms with Crippen molar-refractivity contribution in [2.45, 2.75) is 72.6 Å². The Morgan fingerprint density at radius 1 is 0.765 bits per heavy atom. The van der Waals surface area contributed by atoms with Gasteiger partial charge in [0.25, 0.3) is 0 Å². The number of aryl methyl sites for hydroxylation is 2. The Hall–Kier alpha value is -5.42. The number of nitrogens with zero attached hydrogens (tertiary/aromatic N) is 4. The Balaban J connectivity index is 1.17. The molecule has 256 valence electrons. The van der Waals surface area contributed by atoms with E-state index in [4.69, 9.17) is 14.8 Å². The lowest BCUT2D eigenvalue weighted by Gasteiger charge is -2.34. The molecule has 5 heteroatoms. The van der Waals surface area contributed by atoms with Gasteiger partial charge in [-0.2, -0.15) is 5.10 Å². The van der Waals surface area contributed by atoms with Gasteiger partial charge in [0.2, 0.25) is 0 Å². The molecule has 0 N–H and O–H groups in total. The summed E-state index contributed by atoms with van der Waals surface area (Å²) in [7, 11) is 0. The third-order valence-electron chi connectivity index (χ3n) is 10.9. The van der Waals surface area contributed by atoms with Gasteiger partial charge in [-0.3, -0.25) is 4.57 Å². The first-order chi connectivity index (χ1) is 24.7. The molecule has 0 bridgehead atoms. The highest BCUT2D eigenvalue weighted by molar-refractivity contribution is 6.09. The predicted molar refractivity (Wildman–Crippen MR) is 210 cm³/mol. The number of hydrogen-bond donors (Lipinski definition) is 0. The standard InChI is InChI=1S/C46H46N4O/c1-28(2)35-24-37(50-33(7)46(32(6)48-50)45-30(4)22-36(23-31(45)5)34-13-9-8-10-14-34)26-39(25-35)51-38-17-18-41-40-15-11-12-16-42(40)49(43(41)27-38)44-21-29(3)19-20-47-44/h8-22,24-28,31,36,45H,23H2,1-7H3/t31-,36+,45+/m0/s1.